The number of alkyl halides is 2. The van der Waals surface area contributed by atoms with E-state index in [4.69, 9.17) is 0 Å². The SMILES string of the molecule is FC(F)n1c(-c2ccccc2)nc(Br)c1Br. The van der Waals surface area contributed by atoms with Gasteiger partial charge in [0, 0.05) is 5.56 Å². The van der Waals surface area contributed by atoms with Crippen LogP contribution in [-0.2, 0) is 0 Å². The molecule has 0 aliphatic rings. The number of nitrogens with zero attached hydrogens (tertiary/aromatic N) is 2. The summed E-state index contributed by atoms with van der Waals surface area (Å²) in [7, 11) is 0. The molecule has 84 valence electrons. The first-order valence-corrected chi connectivity index (χ1v) is 5.96. The highest BCUT2D eigenvalue weighted by Gasteiger charge is 2.20. The fraction of sp³-hybridized carbons (Fsp3) is 0.100. The predicted octanol–water partition coefficient (Wildman–Crippen LogP) is 4.47. The number of aromatic nitrogens is 2. The molecule has 2 aromatic rings. The third-order valence-electron chi connectivity index (χ3n) is 2.04. The van der Waals surface area contributed by atoms with Crippen LogP contribution in [0.15, 0.2) is 39.5 Å². The van der Waals surface area contributed by atoms with E-state index in [1.54, 1.807) is 24.3 Å². The summed E-state index contributed by atoms with van der Waals surface area (Å²) in [6.07, 6.45) is 0. The minimum Gasteiger partial charge on any atom is -0.259 e. The molecule has 0 saturated carbocycles. The third kappa shape index (κ3) is 2.04. The summed E-state index contributed by atoms with van der Waals surface area (Å²) in [4.78, 5) is 4.05. The molecule has 1 aromatic heterocycles. The zero-order valence-electron chi connectivity index (χ0n) is 7.87. The van der Waals surface area contributed by atoms with Crippen molar-refractivity contribution < 1.29 is 8.78 Å². The molecular weight excluding hydrogens is 346 g/mol. The number of hydrogen-bond donors (Lipinski definition) is 0. The van der Waals surface area contributed by atoms with E-state index in [1.807, 2.05) is 6.07 Å². The molecule has 0 saturated heterocycles. The second-order valence-corrected chi connectivity index (χ2v) is 4.53. The average Bonchev–Trinajstić information content (AvgIpc) is 2.57. The lowest BCUT2D eigenvalue weighted by atomic mass is 10.2. The number of benzene rings is 1. The molecule has 0 unspecified atom stereocenters. The molecular formula is C10H6Br2F2N2. The normalized spacial score (nSPS) is 11.1. The fourth-order valence-electron chi connectivity index (χ4n) is 1.35. The molecule has 0 amide bonds. The third-order valence-corrected chi connectivity index (χ3v) is 3.88. The van der Waals surface area contributed by atoms with Crippen LogP contribution < -0.4 is 0 Å². The summed E-state index contributed by atoms with van der Waals surface area (Å²) in [5, 5.41) is 0. The standard InChI is InChI=1S/C10H6Br2F2N2/c11-7-8(12)16(10(13)14)9(15-7)6-4-2-1-3-5-6/h1-5,10H. The van der Waals surface area contributed by atoms with E-state index in [2.05, 4.69) is 36.8 Å². The lowest BCUT2D eigenvalue weighted by Crippen LogP contribution is -2.01. The second kappa shape index (κ2) is 4.63. The Morgan fingerprint density at radius 3 is 2.31 bits per heavy atom. The maximum Gasteiger partial charge on any atom is 0.321 e. The van der Waals surface area contributed by atoms with Gasteiger partial charge in [0.1, 0.15) is 15.0 Å². The largest absolute Gasteiger partial charge is 0.321 e. The zero-order chi connectivity index (χ0) is 11.7. The molecule has 0 aliphatic carbocycles. The van der Waals surface area contributed by atoms with Crippen LogP contribution in [0.3, 0.4) is 0 Å². The highest BCUT2D eigenvalue weighted by molar-refractivity contribution is 9.13. The molecule has 0 bridgehead atoms. The minimum absolute atomic E-state index is 0.231. The summed E-state index contributed by atoms with van der Waals surface area (Å²) >= 11 is 6.19. The van der Waals surface area contributed by atoms with Gasteiger partial charge in [-0.2, -0.15) is 8.78 Å². The van der Waals surface area contributed by atoms with E-state index >= 15 is 0 Å². The van der Waals surface area contributed by atoms with E-state index in [1.165, 1.54) is 0 Å². The van der Waals surface area contributed by atoms with Gasteiger partial charge in [0.25, 0.3) is 0 Å². The van der Waals surface area contributed by atoms with Crippen molar-refractivity contribution in [3.05, 3.63) is 39.5 Å². The van der Waals surface area contributed by atoms with E-state index in [-0.39, 0.29) is 10.4 Å². The van der Waals surface area contributed by atoms with Gasteiger partial charge in [0.2, 0.25) is 0 Å². The van der Waals surface area contributed by atoms with E-state index in [9.17, 15) is 8.78 Å². The zero-order valence-corrected chi connectivity index (χ0v) is 11.0. The Labute approximate surface area is 108 Å². The van der Waals surface area contributed by atoms with Crippen molar-refractivity contribution in [1.82, 2.24) is 9.55 Å². The molecule has 16 heavy (non-hydrogen) atoms. The van der Waals surface area contributed by atoms with Gasteiger partial charge in [-0.3, -0.25) is 4.57 Å². The predicted molar refractivity (Wildman–Crippen MR) is 64.3 cm³/mol. The number of imidazole rings is 1. The van der Waals surface area contributed by atoms with E-state index in [0.29, 0.717) is 10.2 Å². The Kier molecular flexibility index (Phi) is 3.39. The molecule has 0 radical (unpaired) electrons. The first-order valence-electron chi connectivity index (χ1n) is 4.38. The summed E-state index contributed by atoms with van der Waals surface area (Å²) in [5.41, 5.74) is 0.647. The molecule has 1 aromatic carbocycles. The van der Waals surface area contributed by atoms with Crippen molar-refractivity contribution >= 4 is 31.9 Å². The average molecular weight is 352 g/mol. The summed E-state index contributed by atoms with van der Waals surface area (Å²) < 4.78 is 27.2. The van der Waals surface area contributed by atoms with Crippen LogP contribution >= 0.6 is 31.9 Å². The highest BCUT2D eigenvalue weighted by Crippen LogP contribution is 2.33. The number of hydrogen-bond acceptors (Lipinski definition) is 1. The Hall–Kier alpha value is -0.750. The second-order valence-electron chi connectivity index (χ2n) is 3.03. The molecule has 2 rings (SSSR count). The van der Waals surface area contributed by atoms with Gasteiger partial charge in [0.05, 0.1) is 0 Å². The molecule has 0 atom stereocenters. The van der Waals surface area contributed by atoms with Crippen LogP contribution in [0.1, 0.15) is 6.55 Å². The maximum absolute atomic E-state index is 12.9. The molecule has 6 heteroatoms. The Morgan fingerprint density at radius 2 is 1.75 bits per heavy atom. The first-order chi connectivity index (χ1) is 7.61. The van der Waals surface area contributed by atoms with Crippen molar-refractivity contribution in [2.75, 3.05) is 0 Å². The molecule has 0 N–H and O–H groups in total. The topological polar surface area (TPSA) is 17.8 Å². The van der Waals surface area contributed by atoms with Crippen molar-refractivity contribution in [1.29, 1.82) is 0 Å². The molecule has 0 fully saturated rings. The summed E-state index contributed by atoms with van der Waals surface area (Å²) in [6.45, 7) is -2.64. The monoisotopic (exact) mass is 350 g/mol. The van der Waals surface area contributed by atoms with Crippen LogP contribution in [-0.4, -0.2) is 9.55 Å². The number of halogens is 4. The van der Waals surface area contributed by atoms with Gasteiger partial charge in [-0.15, -0.1) is 0 Å². The minimum atomic E-state index is -2.64. The van der Waals surface area contributed by atoms with Crippen LogP contribution in [0, 0.1) is 0 Å². The van der Waals surface area contributed by atoms with Gasteiger partial charge in [-0.05, 0) is 31.9 Å². The van der Waals surface area contributed by atoms with Crippen LogP contribution in [0.2, 0.25) is 0 Å². The van der Waals surface area contributed by atoms with Crippen molar-refractivity contribution in [2.24, 2.45) is 0 Å². The molecule has 0 spiro atoms. The van der Waals surface area contributed by atoms with Crippen LogP contribution in [0.5, 0.6) is 0 Å². The first kappa shape index (κ1) is 11.7. The molecule has 2 nitrogen and oxygen atoms in total. The van der Waals surface area contributed by atoms with Crippen LogP contribution in [0.25, 0.3) is 11.4 Å². The van der Waals surface area contributed by atoms with Gasteiger partial charge in [-0.25, -0.2) is 4.98 Å². The smallest absolute Gasteiger partial charge is 0.259 e. The van der Waals surface area contributed by atoms with E-state index < -0.39 is 6.55 Å². The Bertz CT molecular complexity index is 497. The maximum atomic E-state index is 12.9. The number of rotatable bonds is 2. The highest BCUT2D eigenvalue weighted by atomic mass is 79.9. The van der Waals surface area contributed by atoms with Crippen molar-refractivity contribution in [3.8, 4) is 11.4 Å². The summed E-state index contributed by atoms with van der Waals surface area (Å²) in [6, 6.07) is 8.85. The lowest BCUT2D eigenvalue weighted by Gasteiger charge is -2.07. The van der Waals surface area contributed by atoms with Crippen molar-refractivity contribution in [3.63, 3.8) is 0 Å². The van der Waals surface area contributed by atoms with Crippen LogP contribution in [0.4, 0.5) is 8.78 Å². The van der Waals surface area contributed by atoms with Gasteiger partial charge < -0.3 is 0 Å². The van der Waals surface area contributed by atoms with Gasteiger partial charge in [-0.1, -0.05) is 30.3 Å². The Balaban J connectivity index is 2.62. The molecule has 0 aliphatic heterocycles. The quantitative estimate of drug-likeness (QED) is 0.780. The fourth-order valence-corrected chi connectivity index (χ4v) is 2.12. The lowest BCUT2D eigenvalue weighted by molar-refractivity contribution is 0.0697. The van der Waals surface area contributed by atoms with Gasteiger partial charge in [0.15, 0.2) is 0 Å². The van der Waals surface area contributed by atoms with E-state index in [0.717, 1.165) is 4.57 Å². The molecule has 1 heterocycles. The summed E-state index contributed by atoms with van der Waals surface area (Å²) in [5.74, 6) is 0.231. The Morgan fingerprint density at radius 1 is 1.12 bits per heavy atom. The van der Waals surface area contributed by atoms with Gasteiger partial charge >= 0.3 is 6.55 Å². The van der Waals surface area contributed by atoms with Crippen molar-refractivity contribution in [2.45, 2.75) is 6.55 Å².